The highest BCUT2D eigenvalue weighted by atomic mass is 32.1. The molecular weight excluding hydrogens is 240 g/mol. The Morgan fingerprint density at radius 3 is 2.78 bits per heavy atom. The molecule has 1 aromatic carbocycles. The summed E-state index contributed by atoms with van der Waals surface area (Å²) in [6, 6.07) is 8.76. The average Bonchev–Trinajstić information content (AvgIpc) is 2.75. The first-order valence-electron chi connectivity index (χ1n) is 6.74. The molecule has 1 aliphatic heterocycles. The van der Waals surface area contributed by atoms with Crippen LogP contribution < -0.4 is 5.32 Å². The van der Waals surface area contributed by atoms with Crippen LogP contribution in [0.4, 0.5) is 0 Å². The van der Waals surface area contributed by atoms with Crippen LogP contribution in [0, 0.1) is 6.92 Å². The number of fused-ring (bicyclic) bond motifs is 1. The molecule has 2 nitrogen and oxygen atoms in total. The molecule has 0 bridgehead atoms. The van der Waals surface area contributed by atoms with Gasteiger partial charge in [-0.05, 0) is 30.4 Å². The zero-order valence-electron chi connectivity index (χ0n) is 10.9. The Hall–Kier alpha value is -0.900. The Balaban J connectivity index is 1.72. The standard InChI is InChI=1S/C15H20N2S/c1-12-13-4-2-3-5-15(13)18-14(12)6-9-17-10-7-16-8-11-17/h2-5,16H,6-11H2,1H3. The maximum atomic E-state index is 3.41. The van der Waals surface area contributed by atoms with Gasteiger partial charge in [0, 0.05) is 42.3 Å². The lowest BCUT2D eigenvalue weighted by molar-refractivity contribution is 0.244. The molecule has 1 fully saturated rings. The maximum Gasteiger partial charge on any atom is 0.0348 e. The summed E-state index contributed by atoms with van der Waals surface area (Å²) in [5.41, 5.74) is 1.49. The van der Waals surface area contributed by atoms with Crippen LogP contribution >= 0.6 is 11.3 Å². The number of hydrogen-bond donors (Lipinski definition) is 1. The van der Waals surface area contributed by atoms with Gasteiger partial charge in [0.15, 0.2) is 0 Å². The van der Waals surface area contributed by atoms with E-state index in [1.54, 1.807) is 4.88 Å². The first-order chi connectivity index (χ1) is 8.84. The summed E-state index contributed by atoms with van der Waals surface area (Å²) < 4.78 is 1.44. The van der Waals surface area contributed by atoms with E-state index in [-0.39, 0.29) is 0 Å². The predicted molar refractivity (Wildman–Crippen MR) is 79.6 cm³/mol. The zero-order valence-corrected chi connectivity index (χ0v) is 11.7. The van der Waals surface area contributed by atoms with Crippen molar-refractivity contribution in [2.24, 2.45) is 0 Å². The van der Waals surface area contributed by atoms with Gasteiger partial charge >= 0.3 is 0 Å². The molecule has 0 atom stereocenters. The molecule has 0 spiro atoms. The van der Waals surface area contributed by atoms with E-state index >= 15 is 0 Å². The Kier molecular flexibility index (Phi) is 3.64. The van der Waals surface area contributed by atoms with Crippen molar-refractivity contribution in [1.82, 2.24) is 10.2 Å². The van der Waals surface area contributed by atoms with E-state index in [9.17, 15) is 0 Å². The van der Waals surface area contributed by atoms with Gasteiger partial charge in [0.25, 0.3) is 0 Å². The third-order valence-corrected chi connectivity index (χ3v) is 5.14. The van der Waals surface area contributed by atoms with Crippen LogP contribution in [0.3, 0.4) is 0 Å². The van der Waals surface area contributed by atoms with Crippen molar-refractivity contribution >= 4 is 21.4 Å². The molecule has 1 N–H and O–H groups in total. The van der Waals surface area contributed by atoms with E-state index in [0.717, 1.165) is 13.1 Å². The number of aryl methyl sites for hydroxylation is 1. The Morgan fingerprint density at radius 1 is 1.22 bits per heavy atom. The molecule has 96 valence electrons. The molecule has 3 rings (SSSR count). The van der Waals surface area contributed by atoms with Gasteiger partial charge in [-0.25, -0.2) is 0 Å². The van der Waals surface area contributed by atoms with Crippen molar-refractivity contribution in [3.63, 3.8) is 0 Å². The summed E-state index contributed by atoms with van der Waals surface area (Å²) in [5, 5.41) is 4.85. The Morgan fingerprint density at radius 2 is 2.00 bits per heavy atom. The van der Waals surface area contributed by atoms with Crippen LogP contribution in [0.1, 0.15) is 10.4 Å². The van der Waals surface area contributed by atoms with Crippen LogP contribution in [-0.4, -0.2) is 37.6 Å². The van der Waals surface area contributed by atoms with Crippen molar-refractivity contribution in [2.45, 2.75) is 13.3 Å². The summed E-state index contributed by atoms with van der Waals surface area (Å²) in [6.07, 6.45) is 1.20. The van der Waals surface area contributed by atoms with Gasteiger partial charge in [0.05, 0.1) is 0 Å². The van der Waals surface area contributed by atoms with E-state index in [4.69, 9.17) is 0 Å². The Labute approximate surface area is 113 Å². The van der Waals surface area contributed by atoms with Crippen LogP contribution in [0.5, 0.6) is 0 Å². The largest absolute Gasteiger partial charge is 0.314 e. The minimum Gasteiger partial charge on any atom is -0.314 e. The van der Waals surface area contributed by atoms with Crippen LogP contribution in [-0.2, 0) is 6.42 Å². The minimum atomic E-state index is 1.14. The molecule has 1 saturated heterocycles. The van der Waals surface area contributed by atoms with Crippen molar-refractivity contribution < 1.29 is 0 Å². The zero-order chi connectivity index (χ0) is 12.4. The van der Waals surface area contributed by atoms with Gasteiger partial charge in [-0.2, -0.15) is 0 Å². The molecule has 3 heteroatoms. The maximum absolute atomic E-state index is 3.41. The normalized spacial score (nSPS) is 17.4. The summed E-state index contributed by atoms with van der Waals surface area (Å²) in [5.74, 6) is 0. The van der Waals surface area contributed by atoms with Crippen molar-refractivity contribution in [1.29, 1.82) is 0 Å². The highest BCUT2D eigenvalue weighted by Crippen LogP contribution is 2.30. The van der Waals surface area contributed by atoms with Gasteiger partial charge in [0.2, 0.25) is 0 Å². The Bertz CT molecular complexity index is 526. The quantitative estimate of drug-likeness (QED) is 0.913. The van der Waals surface area contributed by atoms with E-state index in [0.29, 0.717) is 0 Å². The van der Waals surface area contributed by atoms with Crippen molar-refractivity contribution in [3.8, 4) is 0 Å². The first kappa shape index (κ1) is 12.2. The average molecular weight is 260 g/mol. The minimum absolute atomic E-state index is 1.14. The fraction of sp³-hybridized carbons (Fsp3) is 0.467. The highest BCUT2D eigenvalue weighted by molar-refractivity contribution is 7.19. The summed E-state index contributed by atoms with van der Waals surface area (Å²) in [6.45, 7) is 8.16. The van der Waals surface area contributed by atoms with E-state index < -0.39 is 0 Å². The van der Waals surface area contributed by atoms with Crippen molar-refractivity contribution in [3.05, 3.63) is 34.7 Å². The first-order valence-corrected chi connectivity index (χ1v) is 7.56. The lowest BCUT2D eigenvalue weighted by Crippen LogP contribution is -2.44. The fourth-order valence-corrected chi connectivity index (χ4v) is 3.86. The van der Waals surface area contributed by atoms with Crippen LogP contribution in [0.2, 0.25) is 0 Å². The van der Waals surface area contributed by atoms with Gasteiger partial charge < -0.3 is 10.2 Å². The molecule has 2 heterocycles. The third-order valence-electron chi connectivity index (χ3n) is 3.81. The summed E-state index contributed by atoms with van der Waals surface area (Å²) >= 11 is 1.97. The molecule has 0 unspecified atom stereocenters. The molecular formula is C15H20N2S. The second-order valence-corrected chi connectivity index (χ2v) is 6.12. The topological polar surface area (TPSA) is 15.3 Å². The lowest BCUT2D eigenvalue weighted by Gasteiger charge is -2.26. The lowest BCUT2D eigenvalue weighted by atomic mass is 10.1. The number of nitrogens with one attached hydrogen (secondary N) is 1. The summed E-state index contributed by atoms with van der Waals surface area (Å²) in [7, 11) is 0. The molecule has 18 heavy (non-hydrogen) atoms. The second-order valence-electron chi connectivity index (χ2n) is 4.99. The van der Waals surface area contributed by atoms with Crippen molar-refractivity contribution in [2.75, 3.05) is 32.7 Å². The molecule has 2 aromatic rings. The third kappa shape index (κ3) is 2.44. The fourth-order valence-electron chi connectivity index (χ4n) is 2.66. The van der Waals surface area contributed by atoms with Gasteiger partial charge in [-0.1, -0.05) is 18.2 Å². The van der Waals surface area contributed by atoms with Crippen LogP contribution in [0.15, 0.2) is 24.3 Å². The van der Waals surface area contributed by atoms with E-state index in [2.05, 4.69) is 41.4 Å². The van der Waals surface area contributed by atoms with Gasteiger partial charge in [-0.3, -0.25) is 0 Å². The molecule has 0 amide bonds. The molecule has 1 aliphatic rings. The molecule has 0 aliphatic carbocycles. The SMILES string of the molecule is Cc1c(CCN2CCNCC2)sc2ccccc12. The predicted octanol–water partition coefficient (Wildman–Crippen LogP) is 2.66. The van der Waals surface area contributed by atoms with Crippen LogP contribution in [0.25, 0.3) is 10.1 Å². The number of nitrogens with zero attached hydrogens (tertiary/aromatic N) is 1. The number of rotatable bonds is 3. The smallest absolute Gasteiger partial charge is 0.0348 e. The number of hydrogen-bond acceptors (Lipinski definition) is 3. The summed E-state index contributed by atoms with van der Waals surface area (Å²) in [4.78, 5) is 4.13. The van der Waals surface area contributed by atoms with E-state index in [1.807, 2.05) is 11.3 Å². The molecule has 0 radical (unpaired) electrons. The van der Waals surface area contributed by atoms with Gasteiger partial charge in [0.1, 0.15) is 0 Å². The number of thiophene rings is 1. The number of piperazine rings is 1. The monoisotopic (exact) mass is 260 g/mol. The van der Waals surface area contributed by atoms with Gasteiger partial charge in [-0.15, -0.1) is 11.3 Å². The number of benzene rings is 1. The molecule has 0 saturated carbocycles. The van der Waals surface area contributed by atoms with E-state index in [1.165, 1.54) is 41.7 Å². The highest BCUT2D eigenvalue weighted by Gasteiger charge is 2.12. The molecule has 1 aromatic heterocycles. The second kappa shape index (κ2) is 5.39.